The van der Waals surface area contributed by atoms with Crippen LogP contribution in [0.25, 0.3) is 0 Å². The SMILES string of the molecule is CC(=O)N[C@]1(C(=O)O)CC[C@H](O)C1. The molecule has 5 heteroatoms. The highest BCUT2D eigenvalue weighted by atomic mass is 16.4. The summed E-state index contributed by atoms with van der Waals surface area (Å²) in [6.07, 6.45) is 0.195. The largest absolute Gasteiger partial charge is 0.480 e. The molecule has 1 saturated carbocycles. The molecule has 3 N–H and O–H groups in total. The number of carbonyl (C=O) groups is 2. The Kier molecular flexibility index (Phi) is 2.56. The van der Waals surface area contributed by atoms with E-state index in [1.807, 2.05) is 0 Å². The Hall–Kier alpha value is -1.10. The summed E-state index contributed by atoms with van der Waals surface area (Å²) in [5.41, 5.74) is -1.24. The van der Waals surface area contributed by atoms with Crippen molar-refractivity contribution in [3.05, 3.63) is 0 Å². The molecule has 0 aromatic heterocycles. The van der Waals surface area contributed by atoms with Crippen LogP contribution in [0, 0.1) is 0 Å². The van der Waals surface area contributed by atoms with Crippen molar-refractivity contribution in [3.63, 3.8) is 0 Å². The molecule has 0 bridgehead atoms. The fraction of sp³-hybridized carbons (Fsp3) is 0.750. The van der Waals surface area contributed by atoms with Gasteiger partial charge in [-0.25, -0.2) is 4.79 Å². The summed E-state index contributed by atoms with van der Waals surface area (Å²) >= 11 is 0. The normalized spacial score (nSPS) is 32.9. The predicted molar refractivity (Wildman–Crippen MR) is 44.0 cm³/mol. The van der Waals surface area contributed by atoms with Gasteiger partial charge in [-0.1, -0.05) is 0 Å². The zero-order chi connectivity index (χ0) is 10.1. The Labute approximate surface area is 75.7 Å². The van der Waals surface area contributed by atoms with E-state index >= 15 is 0 Å². The average molecular weight is 187 g/mol. The van der Waals surface area contributed by atoms with Gasteiger partial charge in [0, 0.05) is 13.3 Å². The minimum atomic E-state index is -1.24. The summed E-state index contributed by atoms with van der Waals surface area (Å²) in [6.45, 7) is 1.27. The first-order valence-corrected chi connectivity index (χ1v) is 4.16. The number of hydrogen-bond donors (Lipinski definition) is 3. The number of hydrogen-bond acceptors (Lipinski definition) is 3. The molecule has 0 unspecified atom stereocenters. The van der Waals surface area contributed by atoms with E-state index in [9.17, 15) is 14.7 Å². The smallest absolute Gasteiger partial charge is 0.329 e. The molecule has 0 radical (unpaired) electrons. The van der Waals surface area contributed by atoms with E-state index in [1.54, 1.807) is 0 Å². The van der Waals surface area contributed by atoms with Crippen molar-refractivity contribution in [2.45, 2.75) is 37.8 Å². The third-order valence-corrected chi connectivity index (χ3v) is 2.31. The van der Waals surface area contributed by atoms with Gasteiger partial charge in [0.25, 0.3) is 0 Å². The quantitative estimate of drug-likeness (QED) is 0.543. The summed E-state index contributed by atoms with van der Waals surface area (Å²) < 4.78 is 0. The lowest BCUT2D eigenvalue weighted by atomic mass is 9.98. The van der Waals surface area contributed by atoms with Crippen molar-refractivity contribution < 1.29 is 19.8 Å². The number of nitrogens with one attached hydrogen (secondary N) is 1. The number of aliphatic carboxylic acids is 1. The van der Waals surface area contributed by atoms with Gasteiger partial charge >= 0.3 is 5.97 Å². The topological polar surface area (TPSA) is 86.6 Å². The van der Waals surface area contributed by atoms with Crippen LogP contribution in [0.15, 0.2) is 0 Å². The van der Waals surface area contributed by atoms with Gasteiger partial charge in [-0.2, -0.15) is 0 Å². The van der Waals surface area contributed by atoms with Crippen LogP contribution in [-0.4, -0.2) is 33.7 Å². The number of aliphatic hydroxyl groups excluding tert-OH is 1. The lowest BCUT2D eigenvalue weighted by molar-refractivity contribution is -0.147. The fourth-order valence-electron chi connectivity index (χ4n) is 1.72. The van der Waals surface area contributed by atoms with E-state index in [1.165, 1.54) is 6.92 Å². The monoisotopic (exact) mass is 187 g/mol. The molecule has 0 aromatic rings. The number of rotatable bonds is 2. The molecule has 74 valence electrons. The molecule has 5 nitrogen and oxygen atoms in total. The van der Waals surface area contributed by atoms with Crippen LogP contribution in [0.3, 0.4) is 0 Å². The van der Waals surface area contributed by atoms with Crippen molar-refractivity contribution in [2.75, 3.05) is 0 Å². The highest BCUT2D eigenvalue weighted by Crippen LogP contribution is 2.30. The zero-order valence-electron chi connectivity index (χ0n) is 7.41. The molecule has 2 atom stereocenters. The molecule has 0 aliphatic heterocycles. The summed E-state index contributed by atoms with van der Waals surface area (Å²) in [6, 6.07) is 0. The zero-order valence-corrected chi connectivity index (χ0v) is 7.41. The van der Waals surface area contributed by atoms with E-state index in [4.69, 9.17) is 5.11 Å². The maximum atomic E-state index is 10.9. The van der Waals surface area contributed by atoms with E-state index in [-0.39, 0.29) is 12.3 Å². The molecular formula is C8H13NO4. The second-order valence-electron chi connectivity index (χ2n) is 3.47. The molecule has 1 amide bonds. The third kappa shape index (κ3) is 1.98. The molecule has 0 aromatic carbocycles. The number of amides is 1. The van der Waals surface area contributed by atoms with Crippen molar-refractivity contribution in [1.82, 2.24) is 5.32 Å². The van der Waals surface area contributed by atoms with Gasteiger partial charge in [0.2, 0.25) is 5.91 Å². The number of carboxylic acids is 1. The maximum Gasteiger partial charge on any atom is 0.329 e. The second kappa shape index (κ2) is 3.33. The van der Waals surface area contributed by atoms with E-state index in [2.05, 4.69) is 5.32 Å². The van der Waals surface area contributed by atoms with Gasteiger partial charge in [0.15, 0.2) is 0 Å². The summed E-state index contributed by atoms with van der Waals surface area (Å²) in [5, 5.41) is 20.5. The molecule has 0 saturated heterocycles. The number of carbonyl (C=O) groups excluding carboxylic acids is 1. The summed E-state index contributed by atoms with van der Waals surface area (Å²) in [7, 11) is 0. The van der Waals surface area contributed by atoms with Gasteiger partial charge in [-0.3, -0.25) is 4.79 Å². The third-order valence-electron chi connectivity index (χ3n) is 2.31. The average Bonchev–Trinajstić information content (AvgIpc) is 2.31. The number of carboxylic acid groups (broad SMARTS) is 1. The van der Waals surface area contributed by atoms with Crippen LogP contribution < -0.4 is 5.32 Å². The standard InChI is InChI=1S/C8H13NO4/c1-5(10)9-8(7(12)13)3-2-6(11)4-8/h6,11H,2-4H2,1H3,(H,9,10)(H,12,13)/t6-,8+/m0/s1. The Morgan fingerprint density at radius 3 is 2.46 bits per heavy atom. The van der Waals surface area contributed by atoms with Crippen LogP contribution >= 0.6 is 0 Å². The molecule has 1 fully saturated rings. The van der Waals surface area contributed by atoms with Gasteiger partial charge in [0.05, 0.1) is 6.10 Å². The lowest BCUT2D eigenvalue weighted by Crippen LogP contribution is -2.52. The Morgan fingerprint density at radius 1 is 1.54 bits per heavy atom. The molecular weight excluding hydrogens is 174 g/mol. The van der Waals surface area contributed by atoms with Crippen molar-refractivity contribution in [2.24, 2.45) is 0 Å². The van der Waals surface area contributed by atoms with E-state index in [0.29, 0.717) is 12.8 Å². The summed E-state index contributed by atoms with van der Waals surface area (Å²) in [5.74, 6) is -1.45. The van der Waals surface area contributed by atoms with Gasteiger partial charge < -0.3 is 15.5 Å². The van der Waals surface area contributed by atoms with E-state index < -0.39 is 17.6 Å². The highest BCUT2D eigenvalue weighted by molar-refractivity contribution is 5.86. The molecule has 1 rings (SSSR count). The van der Waals surface area contributed by atoms with Gasteiger partial charge in [0.1, 0.15) is 5.54 Å². The van der Waals surface area contributed by atoms with E-state index in [0.717, 1.165) is 0 Å². The molecule has 13 heavy (non-hydrogen) atoms. The number of aliphatic hydroxyl groups is 1. The van der Waals surface area contributed by atoms with Crippen LogP contribution in [0.2, 0.25) is 0 Å². The predicted octanol–water partition coefficient (Wildman–Crippen LogP) is -0.509. The fourth-order valence-corrected chi connectivity index (χ4v) is 1.72. The summed E-state index contributed by atoms with van der Waals surface area (Å²) in [4.78, 5) is 21.6. The van der Waals surface area contributed by atoms with Crippen LogP contribution in [0.5, 0.6) is 0 Å². The first kappa shape index (κ1) is 9.98. The Morgan fingerprint density at radius 2 is 2.15 bits per heavy atom. The minimum Gasteiger partial charge on any atom is -0.480 e. The second-order valence-corrected chi connectivity index (χ2v) is 3.47. The van der Waals surface area contributed by atoms with Crippen LogP contribution in [0.1, 0.15) is 26.2 Å². The Balaban J connectivity index is 2.77. The van der Waals surface area contributed by atoms with Crippen molar-refractivity contribution >= 4 is 11.9 Å². The van der Waals surface area contributed by atoms with Crippen LogP contribution in [-0.2, 0) is 9.59 Å². The van der Waals surface area contributed by atoms with Gasteiger partial charge in [-0.05, 0) is 12.8 Å². The minimum absolute atomic E-state index is 0.0991. The first-order chi connectivity index (χ1) is 5.96. The Bertz CT molecular complexity index is 240. The molecule has 0 spiro atoms. The molecule has 1 aliphatic carbocycles. The molecule has 0 heterocycles. The first-order valence-electron chi connectivity index (χ1n) is 4.16. The van der Waals surface area contributed by atoms with Crippen molar-refractivity contribution in [1.29, 1.82) is 0 Å². The molecule has 1 aliphatic rings. The van der Waals surface area contributed by atoms with Crippen molar-refractivity contribution in [3.8, 4) is 0 Å². The highest BCUT2D eigenvalue weighted by Gasteiger charge is 2.45. The lowest BCUT2D eigenvalue weighted by Gasteiger charge is -2.24. The van der Waals surface area contributed by atoms with Gasteiger partial charge in [-0.15, -0.1) is 0 Å². The van der Waals surface area contributed by atoms with Crippen LogP contribution in [0.4, 0.5) is 0 Å². The maximum absolute atomic E-state index is 10.9.